The molecule has 3 nitrogen and oxygen atoms in total. The third-order valence-corrected chi connectivity index (χ3v) is 6.36. The van der Waals surface area contributed by atoms with Gasteiger partial charge in [0, 0.05) is 36.7 Å². The molecule has 0 radical (unpaired) electrons. The molecule has 1 saturated heterocycles. The molecule has 4 rings (SSSR count). The van der Waals surface area contributed by atoms with Gasteiger partial charge in [-0.1, -0.05) is 23.9 Å². The van der Waals surface area contributed by atoms with E-state index in [1.54, 1.807) is 42.4 Å². The van der Waals surface area contributed by atoms with Crippen molar-refractivity contribution in [3.8, 4) is 0 Å². The van der Waals surface area contributed by atoms with Crippen molar-refractivity contribution in [3.05, 3.63) is 53.9 Å². The van der Waals surface area contributed by atoms with Crippen LogP contribution in [0.1, 0.15) is 24.0 Å². The van der Waals surface area contributed by atoms with Gasteiger partial charge in [-0.3, -0.25) is 0 Å². The van der Waals surface area contributed by atoms with Crippen LogP contribution < -0.4 is 0 Å². The van der Waals surface area contributed by atoms with Crippen molar-refractivity contribution in [1.82, 2.24) is 14.9 Å². The Balaban J connectivity index is 1.28. The number of hydrogen-bond donors (Lipinski definition) is 0. The largest absolute Gasteiger partial charge is 0.416 e. The molecule has 1 aliphatic heterocycles. The van der Waals surface area contributed by atoms with E-state index < -0.39 is 11.7 Å². The molecular formula is C19H20F3N3S. The predicted octanol–water partition coefficient (Wildman–Crippen LogP) is 4.25. The van der Waals surface area contributed by atoms with Gasteiger partial charge in [-0.25, -0.2) is 9.97 Å². The Morgan fingerprint density at radius 1 is 1.15 bits per heavy atom. The number of halogens is 3. The molecule has 1 unspecified atom stereocenters. The number of benzene rings is 1. The molecule has 2 aromatic rings. The Morgan fingerprint density at radius 3 is 2.58 bits per heavy atom. The summed E-state index contributed by atoms with van der Waals surface area (Å²) in [7, 11) is 0. The maximum Gasteiger partial charge on any atom is 0.416 e. The van der Waals surface area contributed by atoms with Gasteiger partial charge in [-0.05, 0) is 49.1 Å². The van der Waals surface area contributed by atoms with Gasteiger partial charge in [0.2, 0.25) is 0 Å². The summed E-state index contributed by atoms with van der Waals surface area (Å²) in [4.78, 5) is 10.8. The minimum absolute atomic E-state index is 0.0831. The van der Waals surface area contributed by atoms with Crippen molar-refractivity contribution in [2.24, 2.45) is 5.92 Å². The van der Waals surface area contributed by atoms with Crippen LogP contribution in [-0.4, -0.2) is 40.3 Å². The van der Waals surface area contributed by atoms with Gasteiger partial charge in [0.25, 0.3) is 0 Å². The highest BCUT2D eigenvalue weighted by molar-refractivity contribution is 7.99. The Morgan fingerprint density at radius 2 is 1.88 bits per heavy atom. The minimum Gasteiger partial charge on any atom is -0.302 e. The zero-order chi connectivity index (χ0) is 18.2. The van der Waals surface area contributed by atoms with E-state index in [-0.39, 0.29) is 5.41 Å². The Hall–Kier alpha value is -1.60. The van der Waals surface area contributed by atoms with E-state index in [1.807, 2.05) is 0 Å². The molecule has 2 fully saturated rings. The van der Waals surface area contributed by atoms with Gasteiger partial charge >= 0.3 is 6.18 Å². The number of rotatable bonds is 6. The molecule has 7 heteroatoms. The van der Waals surface area contributed by atoms with Crippen molar-refractivity contribution in [1.29, 1.82) is 0 Å². The number of alkyl halides is 3. The maximum absolute atomic E-state index is 12.7. The van der Waals surface area contributed by atoms with E-state index in [1.165, 1.54) is 12.1 Å². The summed E-state index contributed by atoms with van der Waals surface area (Å²) in [5, 5.41) is 0.804. The van der Waals surface area contributed by atoms with Crippen LogP contribution >= 0.6 is 11.8 Å². The van der Waals surface area contributed by atoms with Crippen LogP contribution in [0.15, 0.2) is 47.9 Å². The number of nitrogens with zero attached hydrogens (tertiary/aromatic N) is 3. The fraction of sp³-hybridized carbons (Fsp3) is 0.474. The fourth-order valence-corrected chi connectivity index (χ4v) is 4.73. The van der Waals surface area contributed by atoms with E-state index in [0.717, 1.165) is 48.9 Å². The minimum atomic E-state index is -4.26. The second-order valence-electron chi connectivity index (χ2n) is 7.10. The summed E-state index contributed by atoms with van der Waals surface area (Å²) in [5.41, 5.74) is 0.578. The first-order chi connectivity index (χ1) is 12.5. The van der Waals surface area contributed by atoms with E-state index in [0.29, 0.717) is 5.92 Å². The van der Waals surface area contributed by atoms with Crippen LogP contribution in [0.5, 0.6) is 0 Å². The highest BCUT2D eigenvalue weighted by Crippen LogP contribution is 2.59. The lowest BCUT2D eigenvalue weighted by atomic mass is 9.94. The molecule has 0 spiro atoms. The summed E-state index contributed by atoms with van der Waals surface area (Å²) in [6, 6.07) is 7.60. The second kappa shape index (κ2) is 6.85. The molecule has 2 atom stereocenters. The summed E-state index contributed by atoms with van der Waals surface area (Å²) in [6.45, 7) is 3.02. The molecule has 0 bridgehead atoms. The van der Waals surface area contributed by atoms with Gasteiger partial charge < -0.3 is 4.90 Å². The third kappa shape index (κ3) is 3.60. The van der Waals surface area contributed by atoms with E-state index in [2.05, 4.69) is 14.9 Å². The highest BCUT2D eigenvalue weighted by atomic mass is 32.2. The first-order valence-electron chi connectivity index (χ1n) is 8.77. The normalized spacial score (nSPS) is 25.3. The maximum atomic E-state index is 12.7. The predicted molar refractivity (Wildman–Crippen MR) is 95.0 cm³/mol. The monoisotopic (exact) mass is 379 g/mol. The van der Waals surface area contributed by atoms with E-state index in [9.17, 15) is 13.2 Å². The van der Waals surface area contributed by atoms with Crippen molar-refractivity contribution in [2.45, 2.75) is 29.6 Å². The van der Waals surface area contributed by atoms with Gasteiger partial charge in [0.1, 0.15) is 0 Å². The van der Waals surface area contributed by atoms with Gasteiger partial charge in [0.05, 0.1) is 5.56 Å². The molecule has 2 aliphatic rings. The average Bonchev–Trinajstić information content (AvgIpc) is 3.21. The molecule has 26 heavy (non-hydrogen) atoms. The quantitative estimate of drug-likeness (QED) is 0.426. The van der Waals surface area contributed by atoms with Crippen molar-refractivity contribution in [2.75, 3.05) is 25.4 Å². The Kier molecular flexibility index (Phi) is 4.69. The zero-order valence-corrected chi connectivity index (χ0v) is 15.1. The summed E-state index contributed by atoms with van der Waals surface area (Å²) in [6.07, 6.45) is 1.38. The number of thioether (sulfide) groups is 1. The number of piperidine rings is 1. The number of aromatic nitrogens is 2. The standard InChI is InChI=1S/C19H20F3N3S/c20-19(21,22)15-5-3-14(4-6-15)18-11-16(18)12-25(13-18)9-2-10-26-17-23-7-1-8-24-17/h1,3-8,16H,2,9-13H2/t16?,18-/m1/s1. The molecular weight excluding hydrogens is 359 g/mol. The second-order valence-corrected chi connectivity index (χ2v) is 8.16. The molecule has 1 aromatic heterocycles. The molecule has 0 N–H and O–H groups in total. The third-order valence-electron chi connectivity index (χ3n) is 5.40. The molecule has 1 saturated carbocycles. The van der Waals surface area contributed by atoms with E-state index >= 15 is 0 Å². The molecule has 138 valence electrons. The van der Waals surface area contributed by atoms with Crippen LogP contribution in [0.25, 0.3) is 0 Å². The lowest BCUT2D eigenvalue weighted by molar-refractivity contribution is -0.137. The Labute approximate surface area is 155 Å². The molecule has 1 aromatic carbocycles. The summed E-state index contributed by atoms with van der Waals surface area (Å²) >= 11 is 1.66. The average molecular weight is 379 g/mol. The Bertz CT molecular complexity index is 751. The van der Waals surface area contributed by atoms with Crippen molar-refractivity contribution >= 4 is 11.8 Å². The first kappa shape index (κ1) is 17.8. The van der Waals surface area contributed by atoms with Crippen LogP contribution in [0.3, 0.4) is 0 Å². The zero-order valence-electron chi connectivity index (χ0n) is 14.2. The van der Waals surface area contributed by atoms with Crippen LogP contribution in [-0.2, 0) is 11.6 Å². The van der Waals surface area contributed by atoms with Gasteiger partial charge in [-0.15, -0.1) is 0 Å². The summed E-state index contributed by atoms with van der Waals surface area (Å²) in [5.74, 6) is 1.56. The molecule has 1 aliphatic carbocycles. The van der Waals surface area contributed by atoms with Crippen LogP contribution in [0.2, 0.25) is 0 Å². The molecule has 2 heterocycles. The number of fused-ring (bicyclic) bond motifs is 1. The summed E-state index contributed by atoms with van der Waals surface area (Å²) < 4.78 is 38.2. The SMILES string of the molecule is FC(F)(F)c1ccc([C@]23CC2CN(CCCSc2ncccn2)C3)cc1. The van der Waals surface area contributed by atoms with Gasteiger partial charge in [0.15, 0.2) is 5.16 Å². The van der Waals surface area contributed by atoms with Crippen molar-refractivity contribution < 1.29 is 13.2 Å². The number of hydrogen-bond acceptors (Lipinski definition) is 4. The number of likely N-dealkylation sites (tertiary alicyclic amines) is 1. The van der Waals surface area contributed by atoms with Crippen LogP contribution in [0.4, 0.5) is 13.2 Å². The lowest BCUT2D eigenvalue weighted by Crippen LogP contribution is -2.28. The lowest BCUT2D eigenvalue weighted by Gasteiger charge is -2.21. The first-order valence-corrected chi connectivity index (χ1v) is 9.76. The highest BCUT2D eigenvalue weighted by Gasteiger charge is 2.60. The van der Waals surface area contributed by atoms with Crippen molar-refractivity contribution in [3.63, 3.8) is 0 Å². The smallest absolute Gasteiger partial charge is 0.302 e. The topological polar surface area (TPSA) is 29.0 Å². The molecule has 0 amide bonds. The fourth-order valence-electron chi connectivity index (χ4n) is 4.01. The van der Waals surface area contributed by atoms with Gasteiger partial charge in [-0.2, -0.15) is 13.2 Å². The van der Waals surface area contributed by atoms with Crippen LogP contribution in [0, 0.1) is 5.92 Å². The van der Waals surface area contributed by atoms with E-state index in [4.69, 9.17) is 0 Å².